The van der Waals surface area contributed by atoms with Gasteiger partial charge in [0, 0.05) is 26.3 Å². The van der Waals surface area contributed by atoms with E-state index in [1.54, 1.807) is 6.08 Å². The van der Waals surface area contributed by atoms with E-state index < -0.39 is 0 Å². The molecule has 0 N–H and O–H groups in total. The molecular formula is C27H37NO4. The summed E-state index contributed by atoms with van der Waals surface area (Å²) in [6, 6.07) is 2.20. The Labute approximate surface area is 192 Å². The first-order chi connectivity index (χ1) is 15.2. The quantitative estimate of drug-likeness (QED) is 0.328. The van der Waals surface area contributed by atoms with Gasteiger partial charge in [0.1, 0.15) is 12.7 Å². The molecule has 0 spiro atoms. The number of ether oxygens (including phenoxy) is 2. The molecule has 3 fully saturated rings. The summed E-state index contributed by atoms with van der Waals surface area (Å²) in [6.07, 6.45) is 12.8. The highest BCUT2D eigenvalue weighted by Gasteiger charge is 2.59. The lowest BCUT2D eigenvalue weighted by Crippen LogP contribution is -2.50. The Kier molecular flexibility index (Phi) is 6.27. The Balaban J connectivity index is 1.55. The first-order valence-corrected chi connectivity index (χ1v) is 12.3. The second-order valence-electron chi connectivity index (χ2n) is 11.0. The number of nitrogens with zero attached hydrogens (tertiary/aromatic N) is 1. The van der Waals surface area contributed by atoms with Crippen molar-refractivity contribution in [3.05, 3.63) is 23.3 Å². The third kappa shape index (κ3) is 3.91. The Morgan fingerprint density at radius 2 is 1.91 bits per heavy atom. The summed E-state index contributed by atoms with van der Waals surface area (Å²) in [7, 11) is 0. The molecule has 0 heterocycles. The average Bonchev–Trinajstić information content (AvgIpc) is 3.08. The molecule has 4 rings (SSSR count). The molecule has 3 saturated carbocycles. The number of hydrogen-bond acceptors (Lipinski definition) is 5. The predicted octanol–water partition coefficient (Wildman–Crippen LogP) is 5.51. The average molecular weight is 440 g/mol. The van der Waals surface area contributed by atoms with E-state index in [9.17, 15) is 14.9 Å². The maximum Gasteiger partial charge on any atom is 0.302 e. The van der Waals surface area contributed by atoms with E-state index in [0.29, 0.717) is 23.7 Å². The fraction of sp³-hybridized carbons (Fsp3) is 0.741. The Morgan fingerprint density at radius 3 is 2.59 bits per heavy atom. The summed E-state index contributed by atoms with van der Waals surface area (Å²) < 4.78 is 10.9. The Morgan fingerprint density at radius 1 is 1.12 bits per heavy atom. The van der Waals surface area contributed by atoms with Crippen molar-refractivity contribution in [3.63, 3.8) is 0 Å². The van der Waals surface area contributed by atoms with E-state index >= 15 is 0 Å². The molecule has 174 valence electrons. The van der Waals surface area contributed by atoms with Crippen LogP contribution >= 0.6 is 0 Å². The van der Waals surface area contributed by atoms with Crippen LogP contribution in [0.2, 0.25) is 0 Å². The van der Waals surface area contributed by atoms with Crippen molar-refractivity contribution in [2.24, 2.45) is 34.5 Å². The van der Waals surface area contributed by atoms with Crippen LogP contribution in [0.3, 0.4) is 0 Å². The van der Waals surface area contributed by atoms with Crippen LogP contribution in [0, 0.1) is 45.8 Å². The first kappa shape index (κ1) is 23.1. The van der Waals surface area contributed by atoms with Crippen LogP contribution in [-0.4, -0.2) is 24.6 Å². The monoisotopic (exact) mass is 439 g/mol. The molecule has 4 aliphatic carbocycles. The number of allylic oxidation sites excluding steroid dienone is 2. The number of hydrogen-bond donors (Lipinski definition) is 0. The van der Waals surface area contributed by atoms with E-state index in [1.807, 2.05) is 0 Å². The number of carbonyl (C=O) groups is 2. The van der Waals surface area contributed by atoms with Gasteiger partial charge in [-0.2, -0.15) is 5.26 Å². The number of nitriles is 1. The topological polar surface area (TPSA) is 76.4 Å². The normalized spacial score (nSPS) is 40.8. The van der Waals surface area contributed by atoms with Gasteiger partial charge in [-0.1, -0.05) is 25.5 Å². The van der Waals surface area contributed by atoms with Crippen molar-refractivity contribution in [3.8, 4) is 6.07 Å². The standard InChI is InChI=1S/C27H37NO4/c1-17(29)31-16-19(11-14-28)23-7-8-24-22-6-5-20-15-21(32-18(2)30)9-12-26(20,3)25(22)10-13-27(23,24)4/h5,11,21-25H,6-10,12-13,15-16H2,1-4H3/b19-11-. The van der Waals surface area contributed by atoms with Gasteiger partial charge in [0.15, 0.2) is 0 Å². The van der Waals surface area contributed by atoms with Crippen LogP contribution in [0.25, 0.3) is 0 Å². The van der Waals surface area contributed by atoms with Gasteiger partial charge in [-0.3, -0.25) is 9.59 Å². The second-order valence-corrected chi connectivity index (χ2v) is 11.0. The maximum absolute atomic E-state index is 11.5. The Hall–Kier alpha value is -2.09. The minimum Gasteiger partial charge on any atom is -0.462 e. The molecule has 5 nitrogen and oxygen atoms in total. The highest BCUT2D eigenvalue weighted by molar-refractivity contribution is 5.66. The van der Waals surface area contributed by atoms with Crippen molar-refractivity contribution in [1.82, 2.24) is 0 Å². The van der Waals surface area contributed by atoms with Gasteiger partial charge in [0.2, 0.25) is 0 Å². The highest BCUT2D eigenvalue weighted by Crippen LogP contribution is 2.67. The van der Waals surface area contributed by atoms with E-state index in [-0.39, 0.29) is 35.5 Å². The second kappa shape index (κ2) is 8.69. The van der Waals surface area contributed by atoms with Crippen LogP contribution in [0.15, 0.2) is 23.3 Å². The zero-order valence-corrected chi connectivity index (χ0v) is 20.0. The van der Waals surface area contributed by atoms with Crippen LogP contribution in [0.4, 0.5) is 0 Å². The molecule has 0 radical (unpaired) electrons. The molecule has 4 aliphatic rings. The van der Waals surface area contributed by atoms with Crippen LogP contribution < -0.4 is 0 Å². The van der Waals surface area contributed by atoms with Gasteiger partial charge < -0.3 is 9.47 Å². The summed E-state index contributed by atoms with van der Waals surface area (Å²) in [6.45, 7) is 8.05. The largest absolute Gasteiger partial charge is 0.462 e. The smallest absolute Gasteiger partial charge is 0.302 e. The molecule has 0 bridgehead atoms. The Bertz CT molecular complexity index is 883. The fourth-order valence-electron chi connectivity index (χ4n) is 8.08. The maximum atomic E-state index is 11.5. The molecule has 0 amide bonds. The number of fused-ring (bicyclic) bond motifs is 5. The zero-order valence-electron chi connectivity index (χ0n) is 20.0. The fourth-order valence-corrected chi connectivity index (χ4v) is 8.08. The highest BCUT2D eigenvalue weighted by atomic mass is 16.5. The van der Waals surface area contributed by atoms with E-state index in [2.05, 4.69) is 26.0 Å². The lowest BCUT2D eigenvalue weighted by molar-refractivity contribution is -0.148. The molecular weight excluding hydrogens is 402 g/mol. The first-order valence-electron chi connectivity index (χ1n) is 12.3. The molecule has 0 aromatic rings. The van der Waals surface area contributed by atoms with Gasteiger partial charge in [-0.15, -0.1) is 0 Å². The summed E-state index contributed by atoms with van der Waals surface area (Å²) in [5, 5.41) is 9.36. The molecule has 0 aromatic heterocycles. The summed E-state index contributed by atoms with van der Waals surface area (Å²) in [5.74, 6) is 1.81. The van der Waals surface area contributed by atoms with E-state index in [1.165, 1.54) is 32.3 Å². The van der Waals surface area contributed by atoms with Crippen LogP contribution in [-0.2, 0) is 19.1 Å². The van der Waals surface area contributed by atoms with Gasteiger partial charge in [0.05, 0.1) is 6.07 Å². The van der Waals surface area contributed by atoms with E-state index in [4.69, 9.17) is 9.47 Å². The summed E-state index contributed by atoms with van der Waals surface area (Å²) in [4.78, 5) is 22.9. The molecule has 0 saturated heterocycles. The van der Waals surface area contributed by atoms with Gasteiger partial charge in [-0.25, -0.2) is 0 Å². The van der Waals surface area contributed by atoms with Crippen molar-refractivity contribution in [2.45, 2.75) is 85.2 Å². The third-order valence-electron chi connectivity index (χ3n) is 9.53. The molecule has 5 heteroatoms. The van der Waals surface area contributed by atoms with Crippen LogP contribution in [0.5, 0.6) is 0 Å². The van der Waals surface area contributed by atoms with Crippen molar-refractivity contribution in [1.29, 1.82) is 5.26 Å². The number of rotatable bonds is 4. The van der Waals surface area contributed by atoms with Gasteiger partial charge in [-0.05, 0) is 85.0 Å². The van der Waals surface area contributed by atoms with Gasteiger partial charge >= 0.3 is 11.9 Å². The van der Waals surface area contributed by atoms with E-state index in [0.717, 1.165) is 44.1 Å². The molecule has 0 aromatic carbocycles. The minimum absolute atomic E-state index is 0.0352. The van der Waals surface area contributed by atoms with Crippen LogP contribution in [0.1, 0.15) is 79.1 Å². The molecule has 7 unspecified atom stereocenters. The number of esters is 2. The SMILES string of the molecule is CC(=O)OC/C(=C/C#N)C1CCC2C3CC=C4CC(OC(C)=O)CCC4(C)C3CCC12C. The third-order valence-corrected chi connectivity index (χ3v) is 9.53. The summed E-state index contributed by atoms with van der Waals surface area (Å²) >= 11 is 0. The van der Waals surface area contributed by atoms with Crippen molar-refractivity contribution in [2.75, 3.05) is 6.61 Å². The lowest BCUT2D eigenvalue weighted by Gasteiger charge is -2.58. The predicted molar refractivity (Wildman–Crippen MR) is 121 cm³/mol. The van der Waals surface area contributed by atoms with Crippen molar-refractivity contribution >= 4 is 11.9 Å². The van der Waals surface area contributed by atoms with Gasteiger partial charge in [0.25, 0.3) is 0 Å². The molecule has 0 aliphatic heterocycles. The molecule has 7 atom stereocenters. The lowest BCUT2D eigenvalue weighted by atomic mass is 9.47. The zero-order chi connectivity index (χ0) is 23.1. The molecule has 32 heavy (non-hydrogen) atoms. The number of carbonyl (C=O) groups excluding carboxylic acids is 2. The summed E-state index contributed by atoms with van der Waals surface area (Å²) in [5.41, 5.74) is 2.86. The minimum atomic E-state index is -0.292. The van der Waals surface area contributed by atoms with Crippen molar-refractivity contribution < 1.29 is 19.1 Å².